The van der Waals surface area contributed by atoms with Gasteiger partial charge in [-0.1, -0.05) is 17.7 Å². The number of carbonyl (C=O) groups is 1. The van der Waals surface area contributed by atoms with Crippen LogP contribution in [0.25, 0.3) is 0 Å². The zero-order valence-corrected chi connectivity index (χ0v) is 12.9. The van der Waals surface area contributed by atoms with E-state index in [1.807, 2.05) is 19.1 Å². The third kappa shape index (κ3) is 3.67. The number of halogens is 2. The van der Waals surface area contributed by atoms with E-state index in [1.54, 1.807) is 12.1 Å². The van der Waals surface area contributed by atoms with Crippen LogP contribution in [0, 0.1) is 24.1 Å². The molecule has 0 aliphatic heterocycles. The van der Waals surface area contributed by atoms with Gasteiger partial charge in [0, 0.05) is 16.6 Å². The highest BCUT2D eigenvalue weighted by molar-refractivity contribution is 9.10. The van der Waals surface area contributed by atoms with Crippen LogP contribution in [0.1, 0.15) is 27.0 Å². The maximum atomic E-state index is 13.7. The van der Waals surface area contributed by atoms with Gasteiger partial charge < -0.3 is 5.32 Å². The lowest BCUT2D eigenvalue weighted by molar-refractivity contribution is 0.0949. The van der Waals surface area contributed by atoms with Crippen LogP contribution >= 0.6 is 15.9 Å². The van der Waals surface area contributed by atoms with Crippen molar-refractivity contribution >= 4 is 21.8 Å². The van der Waals surface area contributed by atoms with Crippen molar-refractivity contribution in [3.05, 3.63) is 68.9 Å². The fourth-order valence-corrected chi connectivity index (χ4v) is 2.27. The summed E-state index contributed by atoms with van der Waals surface area (Å²) in [4.78, 5) is 12.1. The monoisotopic (exact) mass is 346 g/mol. The van der Waals surface area contributed by atoms with Gasteiger partial charge in [0.15, 0.2) is 0 Å². The number of nitriles is 1. The second-order valence-corrected chi connectivity index (χ2v) is 5.44. The highest BCUT2D eigenvalue weighted by Crippen LogP contribution is 2.18. The molecule has 2 aromatic rings. The van der Waals surface area contributed by atoms with Crippen LogP contribution in [0.5, 0.6) is 0 Å². The van der Waals surface area contributed by atoms with E-state index in [0.29, 0.717) is 15.6 Å². The minimum atomic E-state index is -0.502. The number of benzene rings is 2. The molecule has 0 saturated heterocycles. The van der Waals surface area contributed by atoms with Crippen LogP contribution in [0.15, 0.2) is 40.9 Å². The second-order valence-electron chi connectivity index (χ2n) is 4.58. The zero-order valence-electron chi connectivity index (χ0n) is 11.3. The van der Waals surface area contributed by atoms with Crippen molar-refractivity contribution in [3.63, 3.8) is 0 Å². The lowest BCUT2D eigenvalue weighted by atomic mass is 10.1. The third-order valence-electron chi connectivity index (χ3n) is 2.99. The molecule has 1 N–H and O–H groups in total. The van der Waals surface area contributed by atoms with Crippen molar-refractivity contribution in [2.24, 2.45) is 0 Å². The zero-order chi connectivity index (χ0) is 15.4. The van der Waals surface area contributed by atoms with Crippen molar-refractivity contribution in [2.45, 2.75) is 13.5 Å². The largest absolute Gasteiger partial charge is 0.348 e. The van der Waals surface area contributed by atoms with Gasteiger partial charge in [0.1, 0.15) is 5.82 Å². The standard InChI is InChI=1S/C16H12BrFN2O/c1-10-2-5-14(17)13(6-10)16(21)20-9-12-4-3-11(8-19)7-15(12)18/h2-7H,9H2,1H3,(H,20,21). The first-order valence-electron chi connectivity index (χ1n) is 6.24. The lowest BCUT2D eigenvalue weighted by Crippen LogP contribution is -2.23. The maximum Gasteiger partial charge on any atom is 0.252 e. The molecule has 2 rings (SSSR count). The van der Waals surface area contributed by atoms with E-state index in [4.69, 9.17) is 5.26 Å². The van der Waals surface area contributed by atoms with Gasteiger partial charge in [-0.25, -0.2) is 4.39 Å². The van der Waals surface area contributed by atoms with Gasteiger partial charge in [-0.15, -0.1) is 0 Å². The number of rotatable bonds is 3. The Morgan fingerprint density at radius 2 is 2.10 bits per heavy atom. The van der Waals surface area contributed by atoms with E-state index in [9.17, 15) is 9.18 Å². The average molecular weight is 347 g/mol. The number of nitrogens with one attached hydrogen (secondary N) is 1. The molecule has 5 heteroatoms. The molecule has 0 aliphatic rings. The van der Waals surface area contributed by atoms with E-state index in [1.165, 1.54) is 12.1 Å². The quantitative estimate of drug-likeness (QED) is 0.921. The molecule has 0 unspecified atom stereocenters. The number of carbonyl (C=O) groups excluding carboxylic acids is 1. The number of aryl methyl sites for hydroxylation is 1. The van der Waals surface area contributed by atoms with E-state index in [-0.39, 0.29) is 18.0 Å². The van der Waals surface area contributed by atoms with Gasteiger partial charge in [0.2, 0.25) is 0 Å². The number of nitrogens with zero attached hydrogens (tertiary/aromatic N) is 1. The van der Waals surface area contributed by atoms with Crippen molar-refractivity contribution in [3.8, 4) is 6.07 Å². The Morgan fingerprint density at radius 3 is 2.76 bits per heavy atom. The van der Waals surface area contributed by atoms with Gasteiger partial charge in [-0.2, -0.15) is 5.26 Å². The molecule has 0 radical (unpaired) electrons. The first kappa shape index (κ1) is 15.2. The summed E-state index contributed by atoms with van der Waals surface area (Å²) in [5.74, 6) is -0.785. The third-order valence-corrected chi connectivity index (χ3v) is 3.68. The Morgan fingerprint density at radius 1 is 1.33 bits per heavy atom. The van der Waals surface area contributed by atoms with E-state index in [2.05, 4.69) is 21.2 Å². The normalized spacial score (nSPS) is 10.0. The topological polar surface area (TPSA) is 52.9 Å². The summed E-state index contributed by atoms with van der Waals surface area (Å²) in [5.41, 5.74) is 2.06. The fraction of sp³-hybridized carbons (Fsp3) is 0.125. The Labute approximate surface area is 130 Å². The summed E-state index contributed by atoms with van der Waals surface area (Å²) in [6.45, 7) is 1.96. The molecule has 0 aromatic heterocycles. The summed E-state index contributed by atoms with van der Waals surface area (Å²) >= 11 is 3.32. The smallest absolute Gasteiger partial charge is 0.252 e. The Balaban J connectivity index is 2.11. The van der Waals surface area contributed by atoms with E-state index in [0.717, 1.165) is 11.6 Å². The van der Waals surface area contributed by atoms with Crippen molar-refractivity contribution in [2.75, 3.05) is 0 Å². The average Bonchev–Trinajstić information content (AvgIpc) is 2.48. The minimum Gasteiger partial charge on any atom is -0.348 e. The molecule has 0 spiro atoms. The number of hydrogen-bond acceptors (Lipinski definition) is 2. The van der Waals surface area contributed by atoms with Crippen LogP contribution in [0.3, 0.4) is 0 Å². The molecular weight excluding hydrogens is 335 g/mol. The van der Waals surface area contributed by atoms with Gasteiger partial charge >= 0.3 is 0 Å². The van der Waals surface area contributed by atoms with Crippen LogP contribution in [-0.4, -0.2) is 5.91 Å². The molecule has 3 nitrogen and oxygen atoms in total. The molecule has 0 atom stereocenters. The van der Waals surface area contributed by atoms with Crippen LogP contribution in [0.4, 0.5) is 4.39 Å². The molecule has 0 heterocycles. The highest BCUT2D eigenvalue weighted by Gasteiger charge is 2.11. The first-order chi connectivity index (χ1) is 10.0. The predicted molar refractivity (Wildman–Crippen MR) is 81.2 cm³/mol. The minimum absolute atomic E-state index is 0.0662. The Kier molecular flexibility index (Phi) is 4.71. The number of amides is 1. The summed E-state index contributed by atoms with van der Waals surface area (Å²) in [7, 11) is 0. The van der Waals surface area contributed by atoms with Gasteiger partial charge in [0.25, 0.3) is 5.91 Å². The lowest BCUT2D eigenvalue weighted by Gasteiger charge is -2.08. The molecule has 0 saturated carbocycles. The summed E-state index contributed by atoms with van der Waals surface area (Å²) < 4.78 is 14.4. The van der Waals surface area contributed by atoms with Crippen molar-refractivity contribution < 1.29 is 9.18 Å². The Bertz CT molecular complexity index is 738. The predicted octanol–water partition coefficient (Wildman–Crippen LogP) is 3.70. The van der Waals surface area contributed by atoms with Gasteiger partial charge in [0.05, 0.1) is 17.2 Å². The molecule has 0 bridgehead atoms. The van der Waals surface area contributed by atoms with Crippen LogP contribution in [0.2, 0.25) is 0 Å². The molecule has 2 aromatic carbocycles. The highest BCUT2D eigenvalue weighted by atomic mass is 79.9. The van der Waals surface area contributed by atoms with Gasteiger partial charge in [-0.3, -0.25) is 4.79 Å². The van der Waals surface area contributed by atoms with Crippen LogP contribution < -0.4 is 5.32 Å². The fourth-order valence-electron chi connectivity index (χ4n) is 1.84. The molecular formula is C16H12BrFN2O. The molecule has 21 heavy (non-hydrogen) atoms. The van der Waals surface area contributed by atoms with Gasteiger partial charge in [-0.05, 0) is 47.1 Å². The van der Waals surface area contributed by atoms with Crippen molar-refractivity contribution in [1.29, 1.82) is 5.26 Å². The molecule has 0 fully saturated rings. The van der Waals surface area contributed by atoms with Crippen molar-refractivity contribution in [1.82, 2.24) is 5.32 Å². The van der Waals surface area contributed by atoms with Crippen LogP contribution in [-0.2, 0) is 6.54 Å². The second kappa shape index (κ2) is 6.51. The Hall–Kier alpha value is -2.19. The van der Waals surface area contributed by atoms with E-state index >= 15 is 0 Å². The summed E-state index contributed by atoms with van der Waals surface area (Å²) in [5, 5.41) is 11.4. The first-order valence-corrected chi connectivity index (χ1v) is 7.03. The molecule has 0 aliphatic carbocycles. The molecule has 106 valence electrons. The van der Waals surface area contributed by atoms with E-state index < -0.39 is 5.82 Å². The maximum absolute atomic E-state index is 13.7. The number of hydrogen-bond donors (Lipinski definition) is 1. The summed E-state index contributed by atoms with van der Waals surface area (Å²) in [6, 6.07) is 11.5. The molecule has 1 amide bonds. The SMILES string of the molecule is Cc1ccc(Br)c(C(=O)NCc2ccc(C#N)cc2F)c1. The summed E-state index contributed by atoms with van der Waals surface area (Å²) in [6.07, 6.45) is 0.